The Hall–Kier alpha value is -2.15. The maximum absolute atomic E-state index is 13.2. The van der Waals surface area contributed by atoms with E-state index < -0.39 is 0 Å². The van der Waals surface area contributed by atoms with Crippen LogP contribution in [0.25, 0.3) is 0 Å². The van der Waals surface area contributed by atoms with Crippen molar-refractivity contribution in [3.63, 3.8) is 0 Å². The van der Waals surface area contributed by atoms with Crippen LogP contribution in [0.15, 0.2) is 28.4 Å². The smallest absolute Gasteiger partial charge is 0.252 e. The van der Waals surface area contributed by atoms with Crippen molar-refractivity contribution in [1.29, 1.82) is 0 Å². The molecule has 1 saturated heterocycles. The summed E-state index contributed by atoms with van der Waals surface area (Å²) in [6.07, 6.45) is 5.87. The summed E-state index contributed by atoms with van der Waals surface area (Å²) in [4.78, 5) is 35.4. The van der Waals surface area contributed by atoms with E-state index in [1.54, 1.807) is 11.3 Å². The van der Waals surface area contributed by atoms with E-state index in [0.29, 0.717) is 5.95 Å². The Morgan fingerprint density at radius 2 is 2.07 bits per heavy atom. The summed E-state index contributed by atoms with van der Waals surface area (Å²) in [5.74, 6) is 0.832. The first kappa shape index (κ1) is 18.2. The lowest BCUT2D eigenvalue weighted by Crippen LogP contribution is -2.50. The fourth-order valence-corrected chi connectivity index (χ4v) is 5.37. The molecule has 6 nitrogen and oxygen atoms in total. The predicted octanol–water partition coefficient (Wildman–Crippen LogP) is 2.74. The number of nitrogens with zero attached hydrogens (tertiary/aromatic N) is 2. The second-order valence-corrected chi connectivity index (χ2v) is 8.66. The number of hydrogen-bond donors (Lipinski definition) is 2. The Labute approximate surface area is 163 Å². The van der Waals surface area contributed by atoms with Crippen molar-refractivity contribution >= 4 is 23.2 Å². The summed E-state index contributed by atoms with van der Waals surface area (Å²) < 4.78 is 0. The molecule has 0 unspecified atom stereocenters. The fourth-order valence-electron chi connectivity index (χ4n) is 4.39. The van der Waals surface area contributed by atoms with E-state index in [2.05, 4.69) is 31.6 Å². The van der Waals surface area contributed by atoms with E-state index in [-0.39, 0.29) is 22.9 Å². The lowest BCUT2D eigenvalue weighted by molar-refractivity contribution is -0.127. The van der Waals surface area contributed by atoms with Crippen LogP contribution >= 0.6 is 11.3 Å². The number of aromatic amines is 1. The van der Waals surface area contributed by atoms with Crippen LogP contribution in [-0.4, -0.2) is 35.0 Å². The zero-order valence-electron chi connectivity index (χ0n) is 15.7. The normalized spacial score (nSPS) is 20.0. The molecule has 2 aromatic heterocycles. The second kappa shape index (κ2) is 7.46. The first-order valence-electron chi connectivity index (χ1n) is 9.75. The quantitative estimate of drug-likeness (QED) is 0.847. The number of anilines is 1. The minimum Gasteiger partial charge on any atom is -0.352 e. The molecule has 27 heavy (non-hydrogen) atoms. The molecule has 0 aromatic carbocycles. The van der Waals surface area contributed by atoms with E-state index in [1.165, 1.54) is 10.9 Å². The van der Waals surface area contributed by atoms with Crippen LogP contribution < -0.4 is 15.8 Å². The zero-order valence-corrected chi connectivity index (χ0v) is 16.5. The van der Waals surface area contributed by atoms with Crippen LogP contribution in [0.3, 0.4) is 0 Å². The number of carbonyl (C=O) groups excluding carboxylic acids is 1. The third-order valence-electron chi connectivity index (χ3n) is 5.87. The van der Waals surface area contributed by atoms with E-state index in [0.717, 1.165) is 57.3 Å². The van der Waals surface area contributed by atoms with E-state index in [9.17, 15) is 9.59 Å². The highest BCUT2D eigenvalue weighted by Crippen LogP contribution is 2.43. The first-order valence-corrected chi connectivity index (χ1v) is 10.6. The molecule has 2 aliphatic rings. The Bertz CT molecular complexity index is 847. The van der Waals surface area contributed by atoms with Crippen LogP contribution in [-0.2, 0) is 10.2 Å². The molecule has 7 heteroatoms. The summed E-state index contributed by atoms with van der Waals surface area (Å²) >= 11 is 1.70. The molecule has 3 heterocycles. The highest BCUT2D eigenvalue weighted by molar-refractivity contribution is 7.10. The number of H-pyrrole nitrogens is 1. The lowest BCUT2D eigenvalue weighted by atomic mass is 9.83. The van der Waals surface area contributed by atoms with Gasteiger partial charge >= 0.3 is 0 Å². The molecular formula is C20H26N4O2S. The monoisotopic (exact) mass is 386 g/mol. The van der Waals surface area contributed by atoms with Crippen molar-refractivity contribution in [1.82, 2.24) is 15.3 Å². The second-order valence-electron chi connectivity index (χ2n) is 7.71. The van der Waals surface area contributed by atoms with Crippen LogP contribution in [0.5, 0.6) is 0 Å². The Balaban J connectivity index is 1.40. The number of aromatic nitrogens is 2. The van der Waals surface area contributed by atoms with E-state index >= 15 is 0 Å². The van der Waals surface area contributed by atoms with Gasteiger partial charge in [0, 0.05) is 35.8 Å². The maximum atomic E-state index is 13.2. The summed E-state index contributed by atoms with van der Waals surface area (Å²) in [5, 5.41) is 5.40. The van der Waals surface area contributed by atoms with Crippen molar-refractivity contribution in [2.75, 3.05) is 18.0 Å². The van der Waals surface area contributed by atoms with Gasteiger partial charge in [-0.3, -0.25) is 14.6 Å². The number of hydrogen-bond acceptors (Lipinski definition) is 5. The molecular weight excluding hydrogens is 360 g/mol. The highest BCUT2D eigenvalue weighted by atomic mass is 32.1. The minimum absolute atomic E-state index is 0.118. The minimum atomic E-state index is -0.325. The molecule has 0 atom stereocenters. The van der Waals surface area contributed by atoms with Crippen molar-refractivity contribution in [2.45, 2.75) is 56.9 Å². The fraction of sp³-hybridized carbons (Fsp3) is 0.550. The van der Waals surface area contributed by atoms with Crippen LogP contribution in [0.2, 0.25) is 0 Å². The van der Waals surface area contributed by atoms with Crippen molar-refractivity contribution in [3.05, 3.63) is 44.5 Å². The van der Waals surface area contributed by atoms with Gasteiger partial charge in [0.15, 0.2) is 0 Å². The maximum Gasteiger partial charge on any atom is 0.252 e. The van der Waals surface area contributed by atoms with E-state index in [4.69, 9.17) is 0 Å². The molecule has 144 valence electrons. The zero-order chi connectivity index (χ0) is 18.9. The number of piperidine rings is 1. The summed E-state index contributed by atoms with van der Waals surface area (Å²) in [7, 11) is 0. The molecule has 2 fully saturated rings. The van der Waals surface area contributed by atoms with Gasteiger partial charge in [0.1, 0.15) is 0 Å². The topological polar surface area (TPSA) is 78.1 Å². The standard InChI is InChI=1S/C20H26N4O2S/c1-14-13-17(25)23-19(21-14)24-10-6-15(7-11-24)22-18(26)20(8-2-3-9-20)16-5-4-12-27-16/h4-5,12-13,15H,2-3,6-11H2,1H3,(H,22,26)(H,21,23,25). The van der Waals surface area contributed by atoms with Gasteiger partial charge in [-0.05, 0) is 44.1 Å². The van der Waals surface area contributed by atoms with Gasteiger partial charge in [-0.1, -0.05) is 18.9 Å². The molecule has 2 aromatic rings. The average Bonchev–Trinajstić information content (AvgIpc) is 3.34. The highest BCUT2D eigenvalue weighted by Gasteiger charge is 2.44. The number of thiophene rings is 1. The Morgan fingerprint density at radius 3 is 2.70 bits per heavy atom. The predicted molar refractivity (Wildman–Crippen MR) is 107 cm³/mol. The first-order chi connectivity index (χ1) is 13.1. The van der Waals surface area contributed by atoms with Crippen molar-refractivity contribution < 1.29 is 4.79 Å². The average molecular weight is 387 g/mol. The molecule has 1 aliphatic carbocycles. The molecule has 1 amide bonds. The molecule has 4 rings (SSSR count). The Morgan fingerprint density at radius 1 is 1.33 bits per heavy atom. The van der Waals surface area contributed by atoms with Gasteiger partial charge in [-0.15, -0.1) is 11.3 Å². The molecule has 0 bridgehead atoms. The van der Waals surface area contributed by atoms with E-state index in [1.807, 2.05) is 13.0 Å². The molecule has 1 saturated carbocycles. The van der Waals surface area contributed by atoms with Gasteiger partial charge in [0.2, 0.25) is 11.9 Å². The molecule has 0 radical (unpaired) electrons. The van der Waals surface area contributed by atoms with Crippen molar-refractivity contribution in [3.8, 4) is 0 Å². The summed E-state index contributed by atoms with van der Waals surface area (Å²) in [5.41, 5.74) is 0.282. The molecule has 1 aliphatic heterocycles. The summed E-state index contributed by atoms with van der Waals surface area (Å²) in [6, 6.07) is 5.84. The molecule has 0 spiro atoms. The summed E-state index contributed by atoms with van der Waals surface area (Å²) in [6.45, 7) is 3.39. The van der Waals surface area contributed by atoms with Gasteiger partial charge in [-0.2, -0.15) is 0 Å². The van der Waals surface area contributed by atoms with Crippen LogP contribution in [0, 0.1) is 6.92 Å². The van der Waals surface area contributed by atoms with Gasteiger partial charge in [-0.25, -0.2) is 4.98 Å². The Kier molecular flexibility index (Phi) is 5.04. The number of rotatable bonds is 4. The van der Waals surface area contributed by atoms with Gasteiger partial charge in [0.25, 0.3) is 5.56 Å². The van der Waals surface area contributed by atoms with Crippen LogP contribution in [0.1, 0.15) is 49.1 Å². The largest absolute Gasteiger partial charge is 0.352 e. The van der Waals surface area contributed by atoms with Gasteiger partial charge < -0.3 is 10.2 Å². The number of amides is 1. The lowest BCUT2D eigenvalue weighted by Gasteiger charge is -2.35. The molecule has 2 N–H and O–H groups in total. The number of carbonyl (C=O) groups is 1. The number of nitrogens with one attached hydrogen (secondary N) is 2. The van der Waals surface area contributed by atoms with Crippen molar-refractivity contribution in [2.24, 2.45) is 0 Å². The SMILES string of the molecule is Cc1cc(=O)[nH]c(N2CCC(NC(=O)C3(c4cccs4)CCCC3)CC2)n1. The number of aryl methyl sites for hydroxylation is 1. The third-order valence-corrected chi connectivity index (χ3v) is 6.95. The third kappa shape index (κ3) is 3.65. The van der Waals surface area contributed by atoms with Gasteiger partial charge in [0.05, 0.1) is 5.41 Å². The van der Waals surface area contributed by atoms with Crippen LogP contribution in [0.4, 0.5) is 5.95 Å².